The third kappa shape index (κ3) is 45.0. The molecule has 0 saturated heterocycles. The van der Waals surface area contributed by atoms with Gasteiger partial charge in [-0.3, -0.25) is 9.59 Å². The fourth-order valence-corrected chi connectivity index (χ4v) is 5.13. The number of hydrogen-bond donors (Lipinski definition) is 1. The van der Waals surface area contributed by atoms with Crippen LogP contribution < -0.4 is 0 Å². The van der Waals surface area contributed by atoms with E-state index in [0.717, 1.165) is 70.6 Å². The lowest BCUT2D eigenvalue weighted by Gasteiger charge is -2.25. The molecule has 0 aliphatic rings. The Balaban J connectivity index is 4.67. The monoisotopic (exact) mass is 873 g/mol. The summed E-state index contributed by atoms with van der Waals surface area (Å²) in [6.07, 6.45) is 60.9. The number of esters is 2. The molecule has 0 heterocycles. The number of carboxylic acids is 1. The molecule has 0 rings (SSSR count). The van der Waals surface area contributed by atoms with E-state index < -0.39 is 30.3 Å². The molecule has 0 fully saturated rings. The number of ether oxygens (including phenoxy) is 4. The number of carbonyl (C=O) groups is 3. The van der Waals surface area contributed by atoms with E-state index in [-0.39, 0.29) is 32.7 Å². The van der Waals surface area contributed by atoms with Crippen molar-refractivity contribution in [1.29, 1.82) is 0 Å². The van der Waals surface area contributed by atoms with Gasteiger partial charge in [-0.25, -0.2) is 4.79 Å². The van der Waals surface area contributed by atoms with E-state index in [0.29, 0.717) is 30.3 Å². The molecule has 63 heavy (non-hydrogen) atoms. The Labute approximate surface area is 382 Å². The standard InChI is InChI=1S/C54H81NO8/c1-6-8-10-12-14-16-18-20-22-23-24-25-26-27-28-29-31-33-35-37-39-41-43-45-52(57)63-50(49-62-54(53(58)59)60-47-46-55(3,4)5)48-61-51(56)44-42-40-38-36-34-32-30-21-19-17-15-13-11-9-7-2/h8-11,14-17,20-22,24-25,27-28,30-31,33-34,36-37,39-40,42,50,54H,6-7,12-13,18-19,23,26,29,32,35,38,41,43-49H2,1-5H3/p+1/b10-8-,11-9-,16-14-,17-15-,22-20-,25-24-,28-27-,30-21-,33-31-,36-34-,39-37-,42-40-. The number of carbonyl (C=O) groups excluding carboxylic acids is 2. The second kappa shape index (κ2) is 43.8. The highest BCUT2D eigenvalue weighted by atomic mass is 16.7. The number of carboxylic acid groups (broad SMARTS) is 1. The first-order valence-corrected chi connectivity index (χ1v) is 23.0. The van der Waals surface area contributed by atoms with Gasteiger partial charge in [-0.15, -0.1) is 0 Å². The van der Waals surface area contributed by atoms with Gasteiger partial charge in [0.15, 0.2) is 6.10 Å². The minimum atomic E-state index is -1.55. The van der Waals surface area contributed by atoms with Crippen LogP contribution >= 0.6 is 0 Å². The van der Waals surface area contributed by atoms with Crippen LogP contribution in [0.1, 0.15) is 117 Å². The predicted molar refractivity (Wildman–Crippen MR) is 262 cm³/mol. The van der Waals surface area contributed by atoms with Gasteiger partial charge < -0.3 is 28.5 Å². The molecule has 2 atom stereocenters. The second-order valence-corrected chi connectivity index (χ2v) is 15.6. The number of unbranched alkanes of at least 4 members (excludes halogenated alkanes) is 1. The Bertz CT molecular complexity index is 1530. The summed E-state index contributed by atoms with van der Waals surface area (Å²) in [5.41, 5.74) is 0. The topological polar surface area (TPSA) is 108 Å². The van der Waals surface area contributed by atoms with Crippen molar-refractivity contribution in [2.75, 3.05) is 47.5 Å². The summed E-state index contributed by atoms with van der Waals surface area (Å²) in [5.74, 6) is -2.28. The minimum Gasteiger partial charge on any atom is -0.477 e. The number of allylic oxidation sites excluding steroid dienone is 23. The third-order valence-corrected chi connectivity index (χ3v) is 8.62. The molecule has 9 heteroatoms. The summed E-state index contributed by atoms with van der Waals surface area (Å²) in [6, 6.07) is 0. The molecular formula is C54H82NO8+. The van der Waals surface area contributed by atoms with Gasteiger partial charge in [0.1, 0.15) is 13.2 Å². The molecule has 350 valence electrons. The van der Waals surface area contributed by atoms with Crippen molar-refractivity contribution in [1.82, 2.24) is 0 Å². The van der Waals surface area contributed by atoms with E-state index in [1.807, 2.05) is 39.4 Å². The first kappa shape index (κ1) is 58.2. The van der Waals surface area contributed by atoms with Crippen molar-refractivity contribution in [3.63, 3.8) is 0 Å². The molecule has 9 nitrogen and oxygen atoms in total. The van der Waals surface area contributed by atoms with Crippen molar-refractivity contribution in [2.24, 2.45) is 0 Å². The summed E-state index contributed by atoms with van der Waals surface area (Å²) in [4.78, 5) is 37.1. The summed E-state index contributed by atoms with van der Waals surface area (Å²) >= 11 is 0. The molecule has 0 amide bonds. The number of quaternary nitrogens is 1. The summed E-state index contributed by atoms with van der Waals surface area (Å²) < 4.78 is 22.5. The molecule has 0 saturated carbocycles. The Morgan fingerprint density at radius 2 is 0.873 bits per heavy atom. The van der Waals surface area contributed by atoms with Crippen LogP contribution in [0.5, 0.6) is 0 Å². The van der Waals surface area contributed by atoms with Gasteiger partial charge in [0.2, 0.25) is 0 Å². The van der Waals surface area contributed by atoms with Gasteiger partial charge in [0.25, 0.3) is 6.29 Å². The number of rotatable bonds is 39. The van der Waals surface area contributed by atoms with Crippen LogP contribution in [-0.2, 0) is 33.3 Å². The lowest BCUT2D eigenvalue weighted by Crippen LogP contribution is -2.40. The van der Waals surface area contributed by atoms with E-state index in [1.54, 1.807) is 6.08 Å². The smallest absolute Gasteiger partial charge is 0.361 e. The quantitative estimate of drug-likeness (QED) is 0.0214. The van der Waals surface area contributed by atoms with Crippen LogP contribution in [0.3, 0.4) is 0 Å². The maximum atomic E-state index is 12.8. The van der Waals surface area contributed by atoms with Gasteiger partial charge in [0, 0.05) is 6.42 Å². The molecule has 0 spiro atoms. The summed E-state index contributed by atoms with van der Waals surface area (Å²) in [5, 5.41) is 9.64. The highest BCUT2D eigenvalue weighted by Gasteiger charge is 2.25. The largest absolute Gasteiger partial charge is 0.477 e. The van der Waals surface area contributed by atoms with Gasteiger partial charge in [-0.1, -0.05) is 160 Å². The summed E-state index contributed by atoms with van der Waals surface area (Å²) in [6.45, 7) is 4.41. The molecule has 2 unspecified atom stereocenters. The fourth-order valence-electron chi connectivity index (χ4n) is 5.13. The maximum absolute atomic E-state index is 12.8. The number of hydrogen-bond acceptors (Lipinski definition) is 7. The van der Waals surface area contributed by atoms with E-state index in [1.165, 1.54) is 0 Å². The molecule has 0 aromatic heterocycles. The van der Waals surface area contributed by atoms with Crippen molar-refractivity contribution in [3.8, 4) is 0 Å². The van der Waals surface area contributed by atoms with Gasteiger partial charge in [-0.2, -0.15) is 0 Å². The predicted octanol–water partition coefficient (Wildman–Crippen LogP) is 12.5. The van der Waals surface area contributed by atoms with Crippen LogP contribution in [0.25, 0.3) is 0 Å². The Hall–Kier alpha value is -4.83. The van der Waals surface area contributed by atoms with Crippen molar-refractivity contribution in [3.05, 3.63) is 146 Å². The number of nitrogens with zero attached hydrogens (tertiary/aromatic N) is 1. The molecule has 0 radical (unpaired) electrons. The first-order chi connectivity index (χ1) is 30.6. The minimum absolute atomic E-state index is 0.0475. The van der Waals surface area contributed by atoms with Crippen LogP contribution in [0, 0.1) is 0 Å². The molecular weight excluding hydrogens is 791 g/mol. The van der Waals surface area contributed by atoms with Crippen molar-refractivity contribution in [2.45, 2.75) is 129 Å². The number of likely N-dealkylation sites (N-methyl/N-ethyl adjacent to an activating group) is 1. The highest BCUT2D eigenvalue weighted by Crippen LogP contribution is 2.08. The number of aliphatic carboxylic acids is 1. The van der Waals surface area contributed by atoms with Crippen molar-refractivity contribution < 1.29 is 42.9 Å². The zero-order valence-electron chi connectivity index (χ0n) is 39.4. The molecule has 0 aliphatic heterocycles. The molecule has 1 N–H and O–H groups in total. The average Bonchev–Trinajstić information content (AvgIpc) is 3.24. The molecule has 0 aliphatic carbocycles. The normalized spacial score (nSPS) is 14.2. The van der Waals surface area contributed by atoms with Gasteiger partial charge >= 0.3 is 17.9 Å². The SMILES string of the molecule is CC/C=C\C/C=C\C/C=C\C/C=C\C/C=C\C/C=C\C/C=C\CCCC(=O)OC(COC(=O)C/C=C\C/C=C\C/C=C\C/C=C\C/C=C\CC)COC(OCC[N+](C)(C)C)C(=O)O. The van der Waals surface area contributed by atoms with E-state index in [2.05, 4.69) is 135 Å². The van der Waals surface area contributed by atoms with Crippen LogP contribution in [0.4, 0.5) is 0 Å². The Morgan fingerprint density at radius 3 is 1.25 bits per heavy atom. The van der Waals surface area contributed by atoms with Crippen LogP contribution in [0.15, 0.2) is 146 Å². The lowest BCUT2D eigenvalue weighted by molar-refractivity contribution is -0.870. The lowest BCUT2D eigenvalue weighted by atomic mass is 10.2. The Kier molecular flexibility index (Phi) is 40.4. The highest BCUT2D eigenvalue weighted by molar-refractivity contribution is 5.72. The first-order valence-electron chi connectivity index (χ1n) is 23.0. The molecule has 0 aromatic carbocycles. The zero-order chi connectivity index (χ0) is 46.3. The van der Waals surface area contributed by atoms with Gasteiger partial charge in [0.05, 0.1) is 40.8 Å². The maximum Gasteiger partial charge on any atom is 0.361 e. The summed E-state index contributed by atoms with van der Waals surface area (Å²) in [7, 11) is 5.89. The third-order valence-electron chi connectivity index (χ3n) is 8.62. The fraction of sp³-hybridized carbons (Fsp3) is 0.500. The zero-order valence-corrected chi connectivity index (χ0v) is 39.4. The van der Waals surface area contributed by atoms with E-state index >= 15 is 0 Å². The van der Waals surface area contributed by atoms with E-state index in [9.17, 15) is 19.5 Å². The Morgan fingerprint density at radius 1 is 0.492 bits per heavy atom. The van der Waals surface area contributed by atoms with Crippen molar-refractivity contribution >= 4 is 17.9 Å². The van der Waals surface area contributed by atoms with Crippen LogP contribution in [0.2, 0.25) is 0 Å². The average molecular weight is 873 g/mol. The second-order valence-electron chi connectivity index (χ2n) is 15.6. The molecule has 0 aromatic rings. The van der Waals surface area contributed by atoms with E-state index in [4.69, 9.17) is 18.9 Å². The van der Waals surface area contributed by atoms with Crippen LogP contribution in [-0.4, -0.2) is 87.4 Å². The van der Waals surface area contributed by atoms with Gasteiger partial charge in [-0.05, 0) is 89.9 Å². The molecule has 0 bridgehead atoms.